The number of rotatable bonds is 7. The van der Waals surface area contributed by atoms with Gasteiger partial charge in [-0.2, -0.15) is 0 Å². The average molecular weight is 360 g/mol. The Balaban J connectivity index is 1.87. The lowest BCUT2D eigenvalue weighted by molar-refractivity contribution is 0.879. The maximum atomic E-state index is 5.36. The molecule has 0 amide bonds. The molecule has 0 aliphatic rings. The van der Waals surface area contributed by atoms with E-state index in [1.165, 1.54) is 5.56 Å². The van der Waals surface area contributed by atoms with Crippen molar-refractivity contribution in [3.8, 4) is 0 Å². The zero-order valence-electron chi connectivity index (χ0n) is 15.4. The largest absolute Gasteiger partial charge is 0.374 e. The monoisotopic (exact) mass is 360 g/mol. The predicted octanol–water partition coefficient (Wildman–Crippen LogP) is 3.04. The molecular weight excluding hydrogens is 336 g/mol. The van der Waals surface area contributed by atoms with E-state index in [1.807, 2.05) is 24.5 Å². The highest BCUT2D eigenvalue weighted by molar-refractivity contribution is 6.01. The van der Waals surface area contributed by atoms with Crippen LogP contribution >= 0.6 is 0 Å². The lowest BCUT2D eigenvalue weighted by Crippen LogP contribution is -2.21. The lowest BCUT2D eigenvalue weighted by Gasteiger charge is -2.21. The molecule has 2 aromatic heterocycles. The number of nitrogens with one attached hydrogen (secondary N) is 1. The first-order chi connectivity index (χ1) is 13.1. The Hall–Kier alpha value is -3.54. The minimum Gasteiger partial charge on any atom is -0.374 e. The van der Waals surface area contributed by atoms with E-state index in [2.05, 4.69) is 57.8 Å². The summed E-state index contributed by atoms with van der Waals surface area (Å²) in [7, 11) is 2.09. The van der Waals surface area contributed by atoms with Crippen LogP contribution in [0.1, 0.15) is 11.1 Å². The van der Waals surface area contributed by atoms with Crippen molar-refractivity contribution in [2.24, 2.45) is 16.5 Å². The average Bonchev–Trinajstić information content (AvgIpc) is 3.11. The number of nitrogens with zero attached hydrogens (tertiary/aromatic N) is 3. The van der Waals surface area contributed by atoms with E-state index in [4.69, 9.17) is 11.5 Å². The van der Waals surface area contributed by atoms with Crippen LogP contribution in [-0.4, -0.2) is 29.5 Å². The van der Waals surface area contributed by atoms with Gasteiger partial charge in [-0.3, -0.25) is 0 Å². The van der Waals surface area contributed by atoms with Crippen LogP contribution in [-0.2, 0) is 6.42 Å². The van der Waals surface area contributed by atoms with Crippen LogP contribution < -0.4 is 16.4 Å². The third-order valence-corrected chi connectivity index (χ3v) is 4.39. The van der Waals surface area contributed by atoms with E-state index in [9.17, 15) is 0 Å². The number of H-pyrrole nitrogens is 1. The van der Waals surface area contributed by atoms with E-state index in [-0.39, 0.29) is 5.96 Å². The standard InChI is InChI=1S/C21H24N6/c1-15(8-11-25-21(22)23)17-14-26-20-19(17)18(9-12-24-20)27(2)13-10-16-6-4-3-5-7-16/h3-9,11-12,14H,1,10,13H2,2H3,(H,24,26)(H4,22,23,25)/b11-8-. The number of likely N-dealkylation sites (N-methyl/N-ethyl adjacent to an activating group) is 1. The fourth-order valence-corrected chi connectivity index (χ4v) is 2.98. The number of aliphatic imine (C=N–C) groups is 1. The van der Waals surface area contributed by atoms with Crippen LogP contribution in [0.25, 0.3) is 16.6 Å². The SMILES string of the molecule is C=C(/C=C\N=C(N)N)c1c[nH]c2nccc(N(C)CCc3ccccc3)c12. The molecule has 6 heteroatoms. The second kappa shape index (κ2) is 8.23. The second-order valence-electron chi connectivity index (χ2n) is 6.31. The lowest BCUT2D eigenvalue weighted by atomic mass is 10.1. The summed E-state index contributed by atoms with van der Waals surface area (Å²) in [6, 6.07) is 12.5. The molecule has 1 aromatic carbocycles. The zero-order valence-corrected chi connectivity index (χ0v) is 15.4. The maximum absolute atomic E-state index is 5.36. The number of fused-ring (bicyclic) bond motifs is 1. The van der Waals surface area contributed by atoms with Crippen LogP contribution in [0.4, 0.5) is 5.69 Å². The number of nitrogens with two attached hydrogens (primary N) is 2. The van der Waals surface area contributed by atoms with Crippen LogP contribution in [0, 0.1) is 0 Å². The van der Waals surface area contributed by atoms with E-state index >= 15 is 0 Å². The maximum Gasteiger partial charge on any atom is 0.190 e. The van der Waals surface area contributed by atoms with Gasteiger partial charge < -0.3 is 21.4 Å². The number of anilines is 1. The number of allylic oxidation sites excluding steroid dienone is 2. The first-order valence-electron chi connectivity index (χ1n) is 8.72. The fraction of sp³-hybridized carbons (Fsp3) is 0.143. The molecule has 0 saturated carbocycles. The van der Waals surface area contributed by atoms with Gasteiger partial charge in [-0.15, -0.1) is 0 Å². The Morgan fingerprint density at radius 1 is 1.26 bits per heavy atom. The van der Waals surface area contributed by atoms with Gasteiger partial charge in [0.1, 0.15) is 5.65 Å². The third-order valence-electron chi connectivity index (χ3n) is 4.39. The summed E-state index contributed by atoms with van der Waals surface area (Å²) in [6.07, 6.45) is 8.02. The van der Waals surface area contributed by atoms with Crippen LogP contribution in [0.5, 0.6) is 0 Å². The fourth-order valence-electron chi connectivity index (χ4n) is 2.98. The van der Waals surface area contributed by atoms with Gasteiger partial charge in [0.2, 0.25) is 0 Å². The number of aromatic amines is 1. The number of benzene rings is 1. The molecule has 3 aromatic rings. The van der Waals surface area contributed by atoms with Gasteiger partial charge in [0.05, 0.1) is 0 Å². The first kappa shape index (κ1) is 18.3. The molecule has 0 fully saturated rings. The topological polar surface area (TPSA) is 96.3 Å². The quantitative estimate of drug-likeness (QED) is 0.343. The van der Waals surface area contributed by atoms with Crippen molar-refractivity contribution in [1.29, 1.82) is 0 Å². The molecular formula is C21H24N6. The molecule has 2 heterocycles. The van der Waals surface area contributed by atoms with Crippen molar-refractivity contribution in [2.75, 3.05) is 18.5 Å². The minimum atomic E-state index is 0.0148. The van der Waals surface area contributed by atoms with E-state index in [0.29, 0.717) is 0 Å². The number of hydrogen-bond donors (Lipinski definition) is 3. The Kier molecular flexibility index (Phi) is 5.56. The third kappa shape index (κ3) is 4.36. The van der Waals surface area contributed by atoms with Gasteiger partial charge in [-0.25, -0.2) is 9.98 Å². The molecule has 0 bridgehead atoms. The molecule has 6 nitrogen and oxygen atoms in total. The molecule has 0 atom stereocenters. The Morgan fingerprint density at radius 2 is 2.04 bits per heavy atom. The van der Waals surface area contributed by atoms with Crippen LogP contribution in [0.3, 0.4) is 0 Å². The molecule has 5 N–H and O–H groups in total. The van der Waals surface area contributed by atoms with Gasteiger partial charge >= 0.3 is 0 Å². The summed E-state index contributed by atoms with van der Waals surface area (Å²) < 4.78 is 0. The smallest absolute Gasteiger partial charge is 0.190 e. The summed E-state index contributed by atoms with van der Waals surface area (Å²) in [6.45, 7) is 5.03. The number of hydrogen-bond acceptors (Lipinski definition) is 3. The minimum absolute atomic E-state index is 0.0148. The molecule has 3 rings (SSSR count). The van der Waals surface area contributed by atoms with Crippen LogP contribution in [0.2, 0.25) is 0 Å². The van der Waals surface area contributed by atoms with Gasteiger partial charge in [-0.1, -0.05) is 36.9 Å². The summed E-state index contributed by atoms with van der Waals surface area (Å²) >= 11 is 0. The summed E-state index contributed by atoms with van der Waals surface area (Å²) in [4.78, 5) is 13.8. The number of pyridine rings is 1. The molecule has 138 valence electrons. The number of guanidine groups is 1. The summed E-state index contributed by atoms with van der Waals surface area (Å²) in [5.41, 5.74) is 15.7. The zero-order chi connectivity index (χ0) is 19.2. The molecule has 27 heavy (non-hydrogen) atoms. The molecule has 0 aliphatic heterocycles. The normalized spacial score (nSPS) is 11.0. The van der Waals surface area contributed by atoms with Crippen molar-refractivity contribution in [2.45, 2.75) is 6.42 Å². The van der Waals surface area contributed by atoms with Gasteiger partial charge in [0.15, 0.2) is 5.96 Å². The van der Waals surface area contributed by atoms with E-state index < -0.39 is 0 Å². The van der Waals surface area contributed by atoms with Gasteiger partial charge in [0, 0.05) is 48.8 Å². The van der Waals surface area contributed by atoms with Gasteiger partial charge in [-0.05, 0) is 29.7 Å². The van der Waals surface area contributed by atoms with Gasteiger partial charge in [0.25, 0.3) is 0 Å². The van der Waals surface area contributed by atoms with Crippen molar-refractivity contribution in [3.63, 3.8) is 0 Å². The first-order valence-corrected chi connectivity index (χ1v) is 8.72. The highest BCUT2D eigenvalue weighted by Crippen LogP contribution is 2.32. The van der Waals surface area contributed by atoms with E-state index in [0.717, 1.165) is 40.8 Å². The molecule has 0 aliphatic carbocycles. The Morgan fingerprint density at radius 3 is 2.78 bits per heavy atom. The van der Waals surface area contributed by atoms with E-state index in [1.54, 1.807) is 12.3 Å². The second-order valence-corrected chi connectivity index (χ2v) is 6.31. The van der Waals surface area contributed by atoms with Crippen molar-refractivity contribution in [1.82, 2.24) is 9.97 Å². The van der Waals surface area contributed by atoms with Crippen molar-refractivity contribution >= 4 is 28.3 Å². The molecule has 0 spiro atoms. The Bertz CT molecular complexity index is 980. The summed E-state index contributed by atoms with van der Waals surface area (Å²) in [5, 5.41) is 1.03. The van der Waals surface area contributed by atoms with Crippen molar-refractivity contribution < 1.29 is 0 Å². The molecule has 0 radical (unpaired) electrons. The summed E-state index contributed by atoms with van der Waals surface area (Å²) in [5.74, 6) is 0.0148. The van der Waals surface area contributed by atoms with Crippen LogP contribution in [0.15, 0.2) is 72.6 Å². The van der Waals surface area contributed by atoms with Crippen molar-refractivity contribution in [3.05, 3.63) is 78.8 Å². The highest BCUT2D eigenvalue weighted by atomic mass is 15.1. The number of aromatic nitrogens is 2. The predicted molar refractivity (Wildman–Crippen MR) is 113 cm³/mol. The molecule has 0 saturated heterocycles. The Labute approximate surface area is 158 Å². The highest BCUT2D eigenvalue weighted by Gasteiger charge is 2.14. The molecule has 0 unspecified atom stereocenters.